The molecule has 2 aromatic heterocycles. The molecule has 0 saturated heterocycles. The number of ketones is 1. The molecule has 2 aromatic rings. The fourth-order valence-electron chi connectivity index (χ4n) is 0.981. The summed E-state index contributed by atoms with van der Waals surface area (Å²) in [5.41, 5.74) is 2.33. The molecule has 0 saturated carbocycles. The van der Waals surface area contributed by atoms with Gasteiger partial charge in [0.25, 0.3) is 0 Å². The van der Waals surface area contributed by atoms with Crippen LogP contribution in [0, 0.1) is 0 Å². The van der Waals surface area contributed by atoms with E-state index in [0.717, 1.165) is 9.37 Å². The Morgan fingerprint density at radius 3 is 3.07 bits per heavy atom. The van der Waals surface area contributed by atoms with Gasteiger partial charge >= 0.3 is 0 Å². The Kier molecular flexibility index (Phi) is 3.08. The van der Waals surface area contributed by atoms with Crippen molar-refractivity contribution in [2.45, 2.75) is 16.3 Å². The SMILES string of the molecule is CC(=O)c1ccnc(Sc2nncs2)c1. The highest BCUT2D eigenvalue weighted by molar-refractivity contribution is 8.00. The van der Waals surface area contributed by atoms with Gasteiger partial charge in [-0.2, -0.15) is 0 Å². The van der Waals surface area contributed by atoms with E-state index in [1.807, 2.05) is 0 Å². The zero-order valence-electron chi connectivity index (χ0n) is 7.88. The maximum atomic E-state index is 11.1. The molecule has 0 radical (unpaired) electrons. The smallest absolute Gasteiger partial charge is 0.180 e. The summed E-state index contributed by atoms with van der Waals surface area (Å²) < 4.78 is 0.822. The summed E-state index contributed by atoms with van der Waals surface area (Å²) in [6.07, 6.45) is 1.63. The second kappa shape index (κ2) is 4.50. The van der Waals surface area contributed by atoms with Crippen molar-refractivity contribution in [3.63, 3.8) is 0 Å². The standard InChI is InChI=1S/C9H7N3OS2/c1-6(13)7-2-3-10-8(4-7)15-9-12-11-5-14-9/h2-5H,1H3. The molecule has 76 valence electrons. The summed E-state index contributed by atoms with van der Waals surface area (Å²) in [6.45, 7) is 1.54. The van der Waals surface area contributed by atoms with Crippen LogP contribution in [0.2, 0.25) is 0 Å². The van der Waals surface area contributed by atoms with Gasteiger partial charge in [0.05, 0.1) is 0 Å². The highest BCUT2D eigenvalue weighted by Crippen LogP contribution is 2.26. The molecule has 2 rings (SSSR count). The Morgan fingerprint density at radius 1 is 1.53 bits per heavy atom. The van der Waals surface area contributed by atoms with Crippen LogP contribution in [0.5, 0.6) is 0 Å². The normalized spacial score (nSPS) is 10.2. The number of carbonyl (C=O) groups is 1. The highest BCUT2D eigenvalue weighted by Gasteiger charge is 2.05. The molecule has 0 aliphatic rings. The van der Waals surface area contributed by atoms with Crippen LogP contribution >= 0.6 is 23.1 Å². The number of aromatic nitrogens is 3. The number of pyridine rings is 1. The summed E-state index contributed by atoms with van der Waals surface area (Å²) in [5, 5.41) is 8.38. The fourth-order valence-corrected chi connectivity index (χ4v) is 2.40. The van der Waals surface area contributed by atoms with E-state index < -0.39 is 0 Å². The van der Waals surface area contributed by atoms with E-state index in [9.17, 15) is 4.79 Å². The first-order chi connectivity index (χ1) is 7.25. The topological polar surface area (TPSA) is 55.7 Å². The van der Waals surface area contributed by atoms with E-state index in [2.05, 4.69) is 15.2 Å². The molecule has 0 atom stereocenters. The van der Waals surface area contributed by atoms with Crippen molar-refractivity contribution in [3.8, 4) is 0 Å². The number of Topliss-reactive ketones (excluding diaryl/α,β-unsaturated/α-hetero) is 1. The van der Waals surface area contributed by atoms with Crippen LogP contribution in [0.1, 0.15) is 17.3 Å². The van der Waals surface area contributed by atoms with Crippen molar-refractivity contribution in [1.29, 1.82) is 0 Å². The van der Waals surface area contributed by atoms with Crippen LogP contribution in [0.25, 0.3) is 0 Å². The Morgan fingerprint density at radius 2 is 2.40 bits per heavy atom. The average molecular weight is 237 g/mol. The van der Waals surface area contributed by atoms with Crippen molar-refractivity contribution < 1.29 is 4.79 Å². The lowest BCUT2D eigenvalue weighted by molar-refractivity contribution is 0.101. The van der Waals surface area contributed by atoms with E-state index in [0.29, 0.717) is 5.56 Å². The third kappa shape index (κ3) is 2.60. The summed E-state index contributed by atoms with van der Waals surface area (Å²) >= 11 is 2.86. The molecular formula is C9H7N3OS2. The second-order valence-corrected chi connectivity index (χ2v) is 4.85. The van der Waals surface area contributed by atoms with Gasteiger partial charge in [-0.05, 0) is 30.8 Å². The van der Waals surface area contributed by atoms with Gasteiger partial charge in [-0.3, -0.25) is 4.79 Å². The van der Waals surface area contributed by atoms with Gasteiger partial charge in [0.15, 0.2) is 10.1 Å². The number of hydrogen-bond acceptors (Lipinski definition) is 6. The molecule has 0 aliphatic carbocycles. The van der Waals surface area contributed by atoms with Crippen LogP contribution < -0.4 is 0 Å². The minimum Gasteiger partial charge on any atom is -0.295 e. The molecule has 0 aliphatic heterocycles. The van der Waals surface area contributed by atoms with Crippen molar-refractivity contribution in [1.82, 2.24) is 15.2 Å². The Bertz CT molecular complexity index is 470. The third-order valence-electron chi connectivity index (χ3n) is 1.67. The monoisotopic (exact) mass is 237 g/mol. The van der Waals surface area contributed by atoms with Crippen LogP contribution in [-0.2, 0) is 0 Å². The second-order valence-electron chi connectivity index (χ2n) is 2.75. The van der Waals surface area contributed by atoms with Crippen molar-refractivity contribution in [3.05, 3.63) is 29.4 Å². The van der Waals surface area contributed by atoms with Crippen molar-refractivity contribution in [2.75, 3.05) is 0 Å². The molecule has 0 bridgehead atoms. The third-order valence-corrected chi connectivity index (χ3v) is 3.38. The first kappa shape index (κ1) is 10.3. The lowest BCUT2D eigenvalue weighted by Crippen LogP contribution is -1.92. The summed E-state index contributed by atoms with van der Waals surface area (Å²) in [7, 11) is 0. The molecule has 6 heteroatoms. The molecule has 4 nitrogen and oxygen atoms in total. The number of nitrogens with zero attached hydrogens (tertiary/aromatic N) is 3. The molecule has 0 unspecified atom stereocenters. The number of rotatable bonds is 3. The van der Waals surface area contributed by atoms with Gasteiger partial charge in [-0.15, -0.1) is 10.2 Å². The summed E-state index contributed by atoms with van der Waals surface area (Å²) in [5.74, 6) is 0.0384. The van der Waals surface area contributed by atoms with Crippen LogP contribution in [0.4, 0.5) is 0 Å². The number of carbonyl (C=O) groups excluding carboxylic acids is 1. The molecular weight excluding hydrogens is 230 g/mol. The lowest BCUT2D eigenvalue weighted by atomic mass is 10.2. The molecule has 2 heterocycles. The minimum absolute atomic E-state index is 0.0384. The average Bonchev–Trinajstić information content (AvgIpc) is 2.71. The Hall–Kier alpha value is -1.27. The van der Waals surface area contributed by atoms with Gasteiger partial charge in [-0.25, -0.2) is 4.98 Å². The summed E-state index contributed by atoms with van der Waals surface area (Å²) in [6, 6.07) is 3.46. The van der Waals surface area contributed by atoms with E-state index in [1.54, 1.807) is 23.8 Å². The maximum Gasteiger partial charge on any atom is 0.180 e. The quantitative estimate of drug-likeness (QED) is 0.766. The lowest BCUT2D eigenvalue weighted by Gasteiger charge is -1.98. The van der Waals surface area contributed by atoms with Crippen LogP contribution in [-0.4, -0.2) is 21.0 Å². The Balaban J connectivity index is 2.22. The van der Waals surface area contributed by atoms with Gasteiger partial charge < -0.3 is 0 Å². The van der Waals surface area contributed by atoms with Crippen LogP contribution in [0.3, 0.4) is 0 Å². The molecule has 0 aromatic carbocycles. The first-order valence-electron chi connectivity index (χ1n) is 4.17. The van der Waals surface area contributed by atoms with Gasteiger partial charge in [0.1, 0.15) is 10.5 Å². The van der Waals surface area contributed by atoms with E-state index >= 15 is 0 Å². The zero-order valence-corrected chi connectivity index (χ0v) is 9.51. The fraction of sp³-hybridized carbons (Fsp3) is 0.111. The van der Waals surface area contributed by atoms with E-state index in [-0.39, 0.29) is 5.78 Å². The first-order valence-corrected chi connectivity index (χ1v) is 5.86. The maximum absolute atomic E-state index is 11.1. The molecule has 0 amide bonds. The van der Waals surface area contributed by atoms with Gasteiger partial charge in [0, 0.05) is 11.8 Å². The van der Waals surface area contributed by atoms with E-state index in [4.69, 9.17) is 0 Å². The molecule has 0 spiro atoms. The predicted molar refractivity (Wildman–Crippen MR) is 58.3 cm³/mol. The predicted octanol–water partition coefficient (Wildman–Crippen LogP) is 2.29. The molecule has 0 fully saturated rings. The van der Waals surface area contributed by atoms with Gasteiger partial charge in [0.2, 0.25) is 0 Å². The molecule has 0 N–H and O–H groups in total. The Labute approximate surface area is 94.8 Å². The molecule has 15 heavy (non-hydrogen) atoms. The van der Waals surface area contributed by atoms with Crippen LogP contribution in [0.15, 0.2) is 33.2 Å². The largest absolute Gasteiger partial charge is 0.295 e. The van der Waals surface area contributed by atoms with Crippen molar-refractivity contribution in [2.24, 2.45) is 0 Å². The summed E-state index contributed by atoms with van der Waals surface area (Å²) in [4.78, 5) is 15.3. The number of hydrogen-bond donors (Lipinski definition) is 0. The zero-order chi connectivity index (χ0) is 10.7. The van der Waals surface area contributed by atoms with Crippen molar-refractivity contribution >= 4 is 28.9 Å². The minimum atomic E-state index is 0.0384. The van der Waals surface area contributed by atoms with E-state index in [1.165, 1.54) is 30.0 Å². The highest BCUT2D eigenvalue weighted by atomic mass is 32.2. The van der Waals surface area contributed by atoms with Gasteiger partial charge in [-0.1, -0.05) is 11.3 Å².